The summed E-state index contributed by atoms with van der Waals surface area (Å²) in [6, 6.07) is 0. The van der Waals surface area contributed by atoms with E-state index in [1.807, 2.05) is 0 Å². The number of allylic oxidation sites excluding steroid dienone is 1. The average Bonchev–Trinajstić information content (AvgIpc) is 2.09. The van der Waals surface area contributed by atoms with Gasteiger partial charge >= 0.3 is 5.97 Å². The van der Waals surface area contributed by atoms with Crippen molar-refractivity contribution in [3.05, 3.63) is 10.2 Å². The first-order chi connectivity index (χ1) is 7.42. The third-order valence-corrected chi connectivity index (χ3v) is 2.89. The van der Waals surface area contributed by atoms with Crippen molar-refractivity contribution in [2.45, 2.75) is 40.3 Å². The number of carbonyl (C=O) groups is 1. The van der Waals surface area contributed by atoms with Gasteiger partial charge in [0.25, 0.3) is 5.79 Å². The van der Waals surface area contributed by atoms with Crippen LogP contribution in [0.1, 0.15) is 38.7 Å². The van der Waals surface area contributed by atoms with Gasteiger partial charge in [-0.05, 0) is 22.9 Å². The standard InChI is InChI=1S/C10H15BrO3/c1-6-7(11)8(12)14-10(5,13-6)9(2,3)4/h1-5H3/t10-/m1/s1/i5D3. The lowest BCUT2D eigenvalue weighted by atomic mass is 9.86. The molecule has 0 spiro atoms. The molecule has 80 valence electrons. The van der Waals surface area contributed by atoms with E-state index in [9.17, 15) is 4.79 Å². The summed E-state index contributed by atoms with van der Waals surface area (Å²) in [4.78, 5) is 11.7. The van der Waals surface area contributed by atoms with Gasteiger partial charge in [-0.15, -0.1) is 0 Å². The Morgan fingerprint density at radius 3 is 2.36 bits per heavy atom. The summed E-state index contributed by atoms with van der Waals surface area (Å²) in [5.41, 5.74) is -0.886. The zero-order valence-corrected chi connectivity index (χ0v) is 10.2. The van der Waals surface area contributed by atoms with Crippen molar-refractivity contribution in [3.8, 4) is 0 Å². The van der Waals surface area contributed by atoms with Gasteiger partial charge in [-0.1, -0.05) is 20.8 Å². The molecule has 0 bridgehead atoms. The number of ether oxygens (including phenoxy) is 2. The van der Waals surface area contributed by atoms with Gasteiger partial charge in [0.2, 0.25) is 0 Å². The fourth-order valence-electron chi connectivity index (χ4n) is 0.906. The fourth-order valence-corrected chi connectivity index (χ4v) is 1.07. The van der Waals surface area contributed by atoms with E-state index in [1.165, 1.54) is 6.92 Å². The van der Waals surface area contributed by atoms with Crippen molar-refractivity contribution < 1.29 is 18.4 Å². The maximum Gasteiger partial charge on any atom is 0.351 e. The Labute approximate surface area is 96.8 Å². The second kappa shape index (κ2) is 3.26. The lowest BCUT2D eigenvalue weighted by molar-refractivity contribution is -0.253. The highest BCUT2D eigenvalue weighted by atomic mass is 79.9. The number of halogens is 1. The molecular formula is C10H15BrO3. The number of hydrogen-bond donors (Lipinski definition) is 0. The molecule has 0 aliphatic carbocycles. The molecule has 14 heavy (non-hydrogen) atoms. The van der Waals surface area contributed by atoms with Gasteiger partial charge in [0.1, 0.15) is 10.2 Å². The Hall–Kier alpha value is -0.510. The van der Waals surface area contributed by atoms with E-state index >= 15 is 0 Å². The van der Waals surface area contributed by atoms with Crippen LogP contribution in [0.3, 0.4) is 0 Å². The highest BCUT2D eigenvalue weighted by Crippen LogP contribution is 2.41. The molecule has 1 rings (SSSR count). The van der Waals surface area contributed by atoms with Gasteiger partial charge in [-0.3, -0.25) is 0 Å². The van der Waals surface area contributed by atoms with Crippen LogP contribution < -0.4 is 0 Å². The normalized spacial score (nSPS) is 32.6. The van der Waals surface area contributed by atoms with Gasteiger partial charge < -0.3 is 9.47 Å². The summed E-state index contributed by atoms with van der Waals surface area (Å²) in [6.45, 7) is 3.91. The minimum Gasteiger partial charge on any atom is -0.455 e. The largest absolute Gasteiger partial charge is 0.455 e. The van der Waals surface area contributed by atoms with E-state index in [2.05, 4.69) is 15.9 Å². The first-order valence-electron chi connectivity index (χ1n) is 5.71. The van der Waals surface area contributed by atoms with Crippen LogP contribution in [0.5, 0.6) is 0 Å². The van der Waals surface area contributed by atoms with E-state index in [0.29, 0.717) is 0 Å². The molecule has 1 heterocycles. The minimum atomic E-state index is -2.57. The summed E-state index contributed by atoms with van der Waals surface area (Å²) < 4.78 is 33.3. The highest BCUT2D eigenvalue weighted by molar-refractivity contribution is 9.12. The molecule has 0 fully saturated rings. The van der Waals surface area contributed by atoms with Gasteiger partial charge in [0.15, 0.2) is 0 Å². The van der Waals surface area contributed by atoms with Crippen LogP contribution in [-0.2, 0) is 14.3 Å². The monoisotopic (exact) mass is 265 g/mol. The molecule has 4 heteroatoms. The van der Waals surface area contributed by atoms with Crippen molar-refractivity contribution in [2.75, 3.05) is 0 Å². The van der Waals surface area contributed by atoms with Crippen molar-refractivity contribution in [1.82, 2.24) is 0 Å². The second-order valence-electron chi connectivity index (χ2n) is 4.23. The minimum absolute atomic E-state index is 0.113. The van der Waals surface area contributed by atoms with Gasteiger partial charge in [-0.25, -0.2) is 4.79 Å². The molecule has 1 aliphatic rings. The van der Waals surface area contributed by atoms with Crippen LogP contribution in [0, 0.1) is 5.41 Å². The summed E-state index contributed by atoms with van der Waals surface area (Å²) in [5, 5.41) is 0. The molecule has 0 unspecified atom stereocenters. The Balaban J connectivity index is 3.37. The molecule has 1 atom stereocenters. The molecule has 0 amide bonds. The van der Waals surface area contributed by atoms with Crippen LogP contribution in [0.15, 0.2) is 10.2 Å². The third kappa shape index (κ3) is 1.80. The van der Waals surface area contributed by atoms with Gasteiger partial charge in [-0.2, -0.15) is 0 Å². The number of cyclic esters (lactones) is 1. The highest BCUT2D eigenvalue weighted by Gasteiger charge is 2.47. The van der Waals surface area contributed by atoms with Crippen LogP contribution in [0.4, 0.5) is 0 Å². The predicted molar refractivity (Wildman–Crippen MR) is 56.7 cm³/mol. The first-order valence-corrected chi connectivity index (χ1v) is 5.00. The molecule has 0 aromatic heterocycles. The molecule has 3 nitrogen and oxygen atoms in total. The summed E-state index contributed by atoms with van der Waals surface area (Å²) in [6.07, 6.45) is 0. The summed E-state index contributed by atoms with van der Waals surface area (Å²) in [5.74, 6) is -2.47. The van der Waals surface area contributed by atoms with E-state index in [4.69, 9.17) is 13.6 Å². The van der Waals surface area contributed by atoms with E-state index in [1.54, 1.807) is 20.8 Å². The SMILES string of the molecule is [2H]C([2H])([2H])[C@]1(C(C)(C)C)OC(=O)C(Br)=C(C)O1. The fraction of sp³-hybridized carbons (Fsp3) is 0.700. The van der Waals surface area contributed by atoms with E-state index in [-0.39, 0.29) is 10.2 Å². The predicted octanol–water partition coefficient (Wildman–Crippen LogP) is 2.95. The molecule has 0 N–H and O–H groups in total. The second-order valence-corrected chi connectivity index (χ2v) is 5.02. The maximum atomic E-state index is 11.7. The number of esters is 1. The lowest BCUT2D eigenvalue weighted by Gasteiger charge is -2.43. The topological polar surface area (TPSA) is 35.5 Å². The molecule has 0 saturated carbocycles. The van der Waals surface area contributed by atoms with Crippen molar-refractivity contribution in [3.63, 3.8) is 0 Å². The zero-order valence-electron chi connectivity index (χ0n) is 11.6. The van der Waals surface area contributed by atoms with Crippen LogP contribution in [0.2, 0.25) is 0 Å². The molecule has 0 aromatic rings. The first kappa shape index (κ1) is 7.74. The molecule has 0 aromatic carbocycles. The Morgan fingerprint density at radius 2 is 2.00 bits per heavy atom. The zero-order chi connectivity index (χ0) is 13.6. The van der Waals surface area contributed by atoms with E-state index < -0.39 is 24.0 Å². The number of rotatable bonds is 0. The third-order valence-electron chi connectivity index (χ3n) is 2.01. The smallest absolute Gasteiger partial charge is 0.351 e. The molecule has 0 radical (unpaired) electrons. The Morgan fingerprint density at radius 1 is 1.43 bits per heavy atom. The van der Waals surface area contributed by atoms with Gasteiger partial charge in [0, 0.05) is 16.4 Å². The quantitative estimate of drug-likeness (QED) is 0.632. The Bertz CT molecular complexity index is 365. The van der Waals surface area contributed by atoms with Crippen molar-refractivity contribution in [1.29, 1.82) is 0 Å². The molecule has 1 aliphatic heterocycles. The number of carbonyl (C=O) groups excluding carboxylic acids is 1. The Kier molecular flexibility index (Phi) is 1.80. The number of hydrogen-bond acceptors (Lipinski definition) is 3. The average molecular weight is 266 g/mol. The summed E-state index contributed by atoms with van der Waals surface area (Å²) >= 11 is 3.00. The van der Waals surface area contributed by atoms with Gasteiger partial charge in [0.05, 0.1) is 0 Å². The van der Waals surface area contributed by atoms with Crippen LogP contribution in [-0.4, -0.2) is 11.8 Å². The summed E-state index contributed by atoms with van der Waals surface area (Å²) in [7, 11) is 0. The van der Waals surface area contributed by atoms with E-state index in [0.717, 1.165) is 0 Å². The van der Waals surface area contributed by atoms with Crippen LogP contribution >= 0.6 is 15.9 Å². The molecular weight excluding hydrogens is 248 g/mol. The van der Waals surface area contributed by atoms with Crippen LogP contribution in [0.25, 0.3) is 0 Å². The van der Waals surface area contributed by atoms with Crippen molar-refractivity contribution in [2.24, 2.45) is 5.41 Å². The van der Waals surface area contributed by atoms with Crippen molar-refractivity contribution >= 4 is 21.9 Å². The maximum absolute atomic E-state index is 11.7. The lowest BCUT2D eigenvalue weighted by Crippen LogP contribution is -2.48. The molecule has 0 saturated heterocycles.